The molecule has 0 saturated carbocycles. The van der Waals surface area contributed by atoms with Crippen molar-refractivity contribution < 1.29 is 4.79 Å². The summed E-state index contributed by atoms with van der Waals surface area (Å²) in [5.41, 5.74) is 5.10. The van der Waals surface area contributed by atoms with E-state index in [-0.39, 0.29) is 5.91 Å². The first-order valence-electron chi connectivity index (χ1n) is 7.05. The molecule has 0 aliphatic rings. The van der Waals surface area contributed by atoms with Crippen LogP contribution < -0.4 is 5.32 Å². The highest BCUT2D eigenvalue weighted by Gasteiger charge is 2.08. The zero-order chi connectivity index (χ0) is 14.8. The fourth-order valence-electron chi connectivity index (χ4n) is 2.54. The summed E-state index contributed by atoms with van der Waals surface area (Å²) in [5.74, 6) is -0.0292. The summed E-state index contributed by atoms with van der Waals surface area (Å²) in [4.78, 5) is 15.5. The highest BCUT2D eigenvalue weighted by atomic mass is 16.1. The number of carbonyl (C=O) groups is 1. The van der Waals surface area contributed by atoms with Gasteiger partial charge in [-0.3, -0.25) is 4.79 Å². The second-order valence-electron chi connectivity index (χ2n) is 5.37. The third-order valence-electron chi connectivity index (χ3n) is 3.66. The molecule has 0 aliphatic carbocycles. The molecule has 2 N–H and O–H groups in total. The maximum atomic E-state index is 12.2. The molecule has 3 heteroatoms. The second-order valence-corrected chi connectivity index (χ2v) is 5.37. The molecule has 2 aromatic carbocycles. The summed E-state index contributed by atoms with van der Waals surface area (Å²) in [6.45, 7) is 4.52. The first-order chi connectivity index (χ1) is 10.1. The molecule has 0 bridgehead atoms. The average Bonchev–Trinajstić information content (AvgIpc) is 2.84. The predicted molar refractivity (Wildman–Crippen MR) is 85.4 cm³/mol. The minimum atomic E-state index is -0.0292. The van der Waals surface area contributed by atoms with Crippen molar-refractivity contribution in [2.45, 2.75) is 20.4 Å². The van der Waals surface area contributed by atoms with E-state index in [1.807, 2.05) is 44.2 Å². The molecule has 1 aromatic heterocycles. The van der Waals surface area contributed by atoms with Gasteiger partial charge in [0.2, 0.25) is 0 Å². The number of hydrogen-bond donors (Lipinski definition) is 2. The molecule has 0 aliphatic heterocycles. The number of hydrogen-bond acceptors (Lipinski definition) is 1. The third-order valence-corrected chi connectivity index (χ3v) is 3.66. The number of aromatic amines is 1. The van der Waals surface area contributed by atoms with Crippen molar-refractivity contribution >= 4 is 16.8 Å². The molecular formula is C18H18N2O. The minimum absolute atomic E-state index is 0.0292. The molecular weight excluding hydrogens is 260 g/mol. The maximum Gasteiger partial charge on any atom is 0.251 e. The molecule has 0 spiro atoms. The van der Waals surface area contributed by atoms with E-state index in [4.69, 9.17) is 0 Å². The number of fused-ring (bicyclic) bond motifs is 1. The zero-order valence-corrected chi connectivity index (χ0v) is 12.2. The van der Waals surface area contributed by atoms with Crippen molar-refractivity contribution in [3.05, 3.63) is 70.9 Å². The van der Waals surface area contributed by atoms with Gasteiger partial charge in [0.25, 0.3) is 5.91 Å². The van der Waals surface area contributed by atoms with Crippen molar-refractivity contribution in [1.82, 2.24) is 10.3 Å². The Balaban J connectivity index is 1.74. The van der Waals surface area contributed by atoms with Crippen LogP contribution in [0.4, 0.5) is 0 Å². The highest BCUT2D eigenvalue weighted by molar-refractivity contribution is 5.95. The van der Waals surface area contributed by atoms with Gasteiger partial charge in [-0.1, -0.05) is 24.3 Å². The van der Waals surface area contributed by atoms with Gasteiger partial charge in [0, 0.05) is 23.3 Å². The Labute approximate surface area is 124 Å². The quantitative estimate of drug-likeness (QED) is 0.753. The lowest BCUT2D eigenvalue weighted by Gasteiger charge is -2.07. The molecule has 3 aromatic rings. The lowest BCUT2D eigenvalue weighted by molar-refractivity contribution is 0.0950. The number of aryl methyl sites for hydroxylation is 2. The molecule has 3 rings (SSSR count). The molecule has 3 nitrogen and oxygen atoms in total. The van der Waals surface area contributed by atoms with Gasteiger partial charge < -0.3 is 10.3 Å². The fourth-order valence-corrected chi connectivity index (χ4v) is 2.54. The van der Waals surface area contributed by atoms with Crippen LogP contribution in [0.25, 0.3) is 10.9 Å². The van der Waals surface area contributed by atoms with Crippen LogP contribution in [-0.4, -0.2) is 10.9 Å². The van der Waals surface area contributed by atoms with Crippen molar-refractivity contribution in [3.8, 4) is 0 Å². The Kier molecular flexibility index (Phi) is 3.48. The van der Waals surface area contributed by atoms with Gasteiger partial charge in [-0.05, 0) is 54.6 Å². The summed E-state index contributed by atoms with van der Waals surface area (Å²) < 4.78 is 0. The first kappa shape index (κ1) is 13.4. The summed E-state index contributed by atoms with van der Waals surface area (Å²) in [6.07, 6.45) is 0. The van der Waals surface area contributed by atoms with E-state index in [9.17, 15) is 4.79 Å². The van der Waals surface area contributed by atoms with E-state index in [1.165, 1.54) is 5.39 Å². The lowest BCUT2D eigenvalue weighted by atomic mass is 10.1. The molecule has 21 heavy (non-hydrogen) atoms. The van der Waals surface area contributed by atoms with Crippen LogP contribution in [0.2, 0.25) is 0 Å². The molecule has 0 unspecified atom stereocenters. The normalized spacial score (nSPS) is 10.8. The van der Waals surface area contributed by atoms with Crippen LogP contribution in [-0.2, 0) is 6.54 Å². The molecule has 1 heterocycles. The van der Waals surface area contributed by atoms with Gasteiger partial charge in [0.1, 0.15) is 0 Å². The Morgan fingerprint density at radius 1 is 1.10 bits per heavy atom. The molecule has 0 fully saturated rings. The lowest BCUT2D eigenvalue weighted by Crippen LogP contribution is -2.23. The van der Waals surface area contributed by atoms with E-state index in [1.54, 1.807) is 0 Å². The van der Waals surface area contributed by atoms with Gasteiger partial charge in [-0.2, -0.15) is 0 Å². The Morgan fingerprint density at radius 2 is 1.90 bits per heavy atom. The standard InChI is InChI=1S/C18H18N2O/c1-12-5-3-4-6-16(12)18(21)19-11-14-7-8-17-15(10-14)9-13(2)20-17/h3-10,20H,11H2,1-2H3,(H,19,21). The van der Waals surface area contributed by atoms with Crippen molar-refractivity contribution in [2.75, 3.05) is 0 Å². The number of nitrogens with one attached hydrogen (secondary N) is 2. The summed E-state index contributed by atoms with van der Waals surface area (Å²) in [7, 11) is 0. The first-order valence-corrected chi connectivity index (χ1v) is 7.05. The van der Waals surface area contributed by atoms with Crippen LogP contribution in [0.3, 0.4) is 0 Å². The maximum absolute atomic E-state index is 12.2. The molecule has 0 atom stereocenters. The van der Waals surface area contributed by atoms with E-state index >= 15 is 0 Å². The number of H-pyrrole nitrogens is 1. The van der Waals surface area contributed by atoms with Gasteiger partial charge in [0.15, 0.2) is 0 Å². The number of aromatic nitrogens is 1. The van der Waals surface area contributed by atoms with Crippen LogP contribution in [0.5, 0.6) is 0 Å². The third kappa shape index (κ3) is 2.82. The van der Waals surface area contributed by atoms with E-state index < -0.39 is 0 Å². The Hall–Kier alpha value is -2.55. The predicted octanol–water partition coefficient (Wildman–Crippen LogP) is 3.71. The van der Waals surface area contributed by atoms with Crippen molar-refractivity contribution in [2.24, 2.45) is 0 Å². The van der Waals surface area contributed by atoms with Crippen LogP contribution >= 0.6 is 0 Å². The second kappa shape index (κ2) is 5.44. The SMILES string of the molecule is Cc1cc2cc(CNC(=O)c3ccccc3C)ccc2[nH]1. The average molecular weight is 278 g/mol. The van der Waals surface area contributed by atoms with Crippen LogP contribution in [0, 0.1) is 13.8 Å². The molecule has 1 amide bonds. The summed E-state index contributed by atoms with van der Waals surface area (Å²) in [6, 6.07) is 15.9. The Bertz CT molecular complexity index is 802. The number of rotatable bonds is 3. The van der Waals surface area contributed by atoms with Gasteiger partial charge in [0.05, 0.1) is 0 Å². The molecule has 0 radical (unpaired) electrons. The topological polar surface area (TPSA) is 44.9 Å². The smallest absolute Gasteiger partial charge is 0.251 e. The van der Waals surface area contributed by atoms with E-state index in [0.29, 0.717) is 6.54 Å². The largest absolute Gasteiger partial charge is 0.359 e. The van der Waals surface area contributed by atoms with Crippen LogP contribution in [0.15, 0.2) is 48.5 Å². The zero-order valence-electron chi connectivity index (χ0n) is 12.2. The van der Waals surface area contributed by atoms with Crippen molar-refractivity contribution in [3.63, 3.8) is 0 Å². The van der Waals surface area contributed by atoms with Crippen LogP contribution in [0.1, 0.15) is 27.2 Å². The number of amides is 1. The number of benzene rings is 2. The summed E-state index contributed by atoms with van der Waals surface area (Å²) >= 11 is 0. The monoisotopic (exact) mass is 278 g/mol. The van der Waals surface area contributed by atoms with Gasteiger partial charge >= 0.3 is 0 Å². The minimum Gasteiger partial charge on any atom is -0.359 e. The molecule has 106 valence electrons. The highest BCUT2D eigenvalue weighted by Crippen LogP contribution is 2.17. The fraction of sp³-hybridized carbons (Fsp3) is 0.167. The summed E-state index contributed by atoms with van der Waals surface area (Å²) in [5, 5.41) is 4.15. The van der Waals surface area contributed by atoms with Crippen molar-refractivity contribution in [1.29, 1.82) is 0 Å². The van der Waals surface area contributed by atoms with E-state index in [2.05, 4.69) is 28.5 Å². The van der Waals surface area contributed by atoms with Gasteiger partial charge in [-0.25, -0.2) is 0 Å². The van der Waals surface area contributed by atoms with Gasteiger partial charge in [-0.15, -0.1) is 0 Å². The Morgan fingerprint density at radius 3 is 2.71 bits per heavy atom. The number of carbonyl (C=O) groups excluding carboxylic acids is 1. The molecule has 0 saturated heterocycles. The van der Waals surface area contributed by atoms with E-state index in [0.717, 1.165) is 27.9 Å².